The highest BCUT2D eigenvalue weighted by Gasteiger charge is 2.04. The summed E-state index contributed by atoms with van der Waals surface area (Å²) in [6.45, 7) is 3.63. The number of hydrogen-bond acceptors (Lipinski definition) is 8. The van der Waals surface area contributed by atoms with Crippen LogP contribution in [-0.2, 0) is 19.1 Å². The molecule has 0 bridgehead atoms. The molecule has 118 valence electrons. The molecular weight excluding hydrogens is 264 g/mol. The highest BCUT2D eigenvalue weighted by Crippen LogP contribution is 1.88. The normalized spacial score (nSPS) is 10.3. The second-order valence-corrected chi connectivity index (χ2v) is 4.02. The quantitative estimate of drug-likeness (QED) is 0.225. The van der Waals surface area contributed by atoms with Gasteiger partial charge in [0, 0.05) is 39.3 Å². The first kappa shape index (κ1) is 18.8. The van der Waals surface area contributed by atoms with Crippen molar-refractivity contribution >= 4 is 11.9 Å². The van der Waals surface area contributed by atoms with Gasteiger partial charge < -0.3 is 31.6 Å². The van der Waals surface area contributed by atoms with Gasteiger partial charge >= 0.3 is 11.9 Å². The number of hydrogen-bond donors (Lipinski definition) is 4. The first-order valence-corrected chi connectivity index (χ1v) is 6.83. The van der Waals surface area contributed by atoms with Crippen molar-refractivity contribution in [3.63, 3.8) is 0 Å². The van der Waals surface area contributed by atoms with Crippen LogP contribution in [0.15, 0.2) is 0 Å². The number of carbonyl (C=O) groups excluding carboxylic acids is 2. The van der Waals surface area contributed by atoms with Crippen LogP contribution in [-0.4, -0.2) is 64.4 Å². The Labute approximate surface area is 119 Å². The van der Waals surface area contributed by atoms with Crippen LogP contribution in [0.1, 0.15) is 12.8 Å². The largest absolute Gasteiger partial charge is 0.462 e. The molecule has 0 aliphatic carbocycles. The summed E-state index contributed by atoms with van der Waals surface area (Å²) < 4.78 is 9.79. The standard InChI is InChI=1S/C12H26N4O4/c13-3-7-15-5-1-11(17)19-9-10-20-12(18)2-6-16-8-4-14/h15-16H,1-10,13-14H2. The number of esters is 2. The summed E-state index contributed by atoms with van der Waals surface area (Å²) in [6, 6.07) is 0. The van der Waals surface area contributed by atoms with Gasteiger partial charge in [-0.25, -0.2) is 0 Å². The topological polar surface area (TPSA) is 129 Å². The number of rotatable bonds is 13. The Morgan fingerprint density at radius 2 is 1.15 bits per heavy atom. The number of carbonyl (C=O) groups is 2. The number of nitrogens with two attached hydrogens (primary N) is 2. The van der Waals surface area contributed by atoms with Crippen LogP contribution in [0.5, 0.6) is 0 Å². The minimum Gasteiger partial charge on any atom is -0.462 e. The molecule has 0 spiro atoms. The van der Waals surface area contributed by atoms with Crippen LogP contribution in [0.25, 0.3) is 0 Å². The average molecular weight is 290 g/mol. The van der Waals surface area contributed by atoms with Crippen LogP contribution < -0.4 is 22.1 Å². The third-order valence-electron chi connectivity index (χ3n) is 2.26. The van der Waals surface area contributed by atoms with E-state index in [1.807, 2.05) is 0 Å². The van der Waals surface area contributed by atoms with Crippen molar-refractivity contribution in [1.29, 1.82) is 0 Å². The van der Waals surface area contributed by atoms with Crippen molar-refractivity contribution < 1.29 is 19.1 Å². The molecule has 0 rings (SSSR count). The Morgan fingerprint density at radius 3 is 1.50 bits per heavy atom. The van der Waals surface area contributed by atoms with Gasteiger partial charge in [-0.15, -0.1) is 0 Å². The van der Waals surface area contributed by atoms with Gasteiger partial charge in [0.2, 0.25) is 0 Å². The lowest BCUT2D eigenvalue weighted by Gasteiger charge is -2.07. The second-order valence-electron chi connectivity index (χ2n) is 4.02. The molecule has 0 aromatic heterocycles. The van der Waals surface area contributed by atoms with Gasteiger partial charge in [-0.05, 0) is 0 Å². The molecule has 0 amide bonds. The monoisotopic (exact) mass is 290 g/mol. The van der Waals surface area contributed by atoms with E-state index < -0.39 is 0 Å². The van der Waals surface area contributed by atoms with Crippen molar-refractivity contribution in [1.82, 2.24) is 10.6 Å². The molecule has 0 aliphatic heterocycles. The van der Waals surface area contributed by atoms with Crippen LogP contribution in [0, 0.1) is 0 Å². The molecule has 8 heteroatoms. The Kier molecular flexibility index (Phi) is 13.3. The molecule has 0 saturated heterocycles. The Bertz CT molecular complexity index is 238. The summed E-state index contributed by atoms with van der Waals surface area (Å²) >= 11 is 0. The maximum atomic E-state index is 11.2. The maximum Gasteiger partial charge on any atom is 0.307 e. The van der Waals surface area contributed by atoms with E-state index >= 15 is 0 Å². The number of nitrogens with one attached hydrogen (secondary N) is 2. The van der Waals surface area contributed by atoms with Gasteiger partial charge in [0.05, 0.1) is 12.8 Å². The van der Waals surface area contributed by atoms with Gasteiger partial charge in [-0.1, -0.05) is 0 Å². The van der Waals surface area contributed by atoms with Crippen molar-refractivity contribution in [2.75, 3.05) is 52.5 Å². The summed E-state index contributed by atoms with van der Waals surface area (Å²) in [4.78, 5) is 22.5. The van der Waals surface area contributed by atoms with Gasteiger partial charge in [0.15, 0.2) is 0 Å². The van der Waals surface area contributed by atoms with Crippen LogP contribution in [0.3, 0.4) is 0 Å². The van der Waals surface area contributed by atoms with Crippen LogP contribution >= 0.6 is 0 Å². The van der Waals surface area contributed by atoms with Gasteiger partial charge in [-0.2, -0.15) is 0 Å². The van der Waals surface area contributed by atoms with E-state index in [4.69, 9.17) is 20.9 Å². The first-order chi connectivity index (χ1) is 9.70. The molecule has 8 nitrogen and oxygen atoms in total. The SMILES string of the molecule is NCCNCCC(=O)OCCOC(=O)CCNCCN. The third-order valence-corrected chi connectivity index (χ3v) is 2.26. The zero-order valence-corrected chi connectivity index (χ0v) is 11.9. The minimum absolute atomic E-state index is 0.0810. The minimum atomic E-state index is -0.324. The Balaban J connectivity index is 3.32. The Morgan fingerprint density at radius 1 is 0.750 bits per heavy atom. The molecule has 0 aliphatic rings. The zero-order valence-electron chi connectivity index (χ0n) is 11.9. The van der Waals surface area contributed by atoms with E-state index in [0.29, 0.717) is 39.3 Å². The first-order valence-electron chi connectivity index (χ1n) is 6.83. The summed E-state index contributed by atoms with van der Waals surface area (Å²) in [5.74, 6) is -0.648. The summed E-state index contributed by atoms with van der Waals surface area (Å²) in [6.07, 6.45) is 0.550. The Hall–Kier alpha value is -1.22. The van der Waals surface area contributed by atoms with E-state index in [0.717, 1.165) is 0 Å². The summed E-state index contributed by atoms with van der Waals surface area (Å²) in [5.41, 5.74) is 10.6. The molecule has 0 heterocycles. The van der Waals surface area contributed by atoms with Crippen molar-refractivity contribution in [2.24, 2.45) is 11.5 Å². The molecule has 0 saturated carbocycles. The fourth-order valence-corrected chi connectivity index (χ4v) is 1.29. The van der Waals surface area contributed by atoms with Crippen molar-refractivity contribution in [2.45, 2.75) is 12.8 Å². The lowest BCUT2D eigenvalue weighted by molar-refractivity contribution is -0.152. The second kappa shape index (κ2) is 14.2. The fraction of sp³-hybridized carbons (Fsp3) is 0.833. The van der Waals surface area contributed by atoms with Gasteiger partial charge in [-0.3, -0.25) is 9.59 Å². The number of ether oxygens (including phenoxy) is 2. The maximum absolute atomic E-state index is 11.2. The van der Waals surface area contributed by atoms with E-state index in [9.17, 15) is 9.59 Å². The highest BCUT2D eigenvalue weighted by molar-refractivity contribution is 5.70. The van der Waals surface area contributed by atoms with E-state index in [2.05, 4.69) is 10.6 Å². The molecule has 0 aromatic carbocycles. The lowest BCUT2D eigenvalue weighted by Crippen LogP contribution is -2.26. The lowest BCUT2D eigenvalue weighted by atomic mass is 10.4. The third kappa shape index (κ3) is 13.2. The summed E-state index contributed by atoms with van der Waals surface area (Å²) in [5, 5.41) is 5.96. The molecule has 20 heavy (non-hydrogen) atoms. The van der Waals surface area contributed by atoms with E-state index in [1.54, 1.807) is 0 Å². The summed E-state index contributed by atoms with van der Waals surface area (Å²) in [7, 11) is 0. The molecule has 0 unspecified atom stereocenters. The average Bonchev–Trinajstić information content (AvgIpc) is 2.44. The van der Waals surface area contributed by atoms with E-state index in [-0.39, 0.29) is 38.0 Å². The van der Waals surface area contributed by atoms with E-state index in [1.165, 1.54) is 0 Å². The molecular formula is C12H26N4O4. The predicted octanol–water partition coefficient (Wildman–Crippen LogP) is -2.05. The molecule has 0 fully saturated rings. The van der Waals surface area contributed by atoms with Crippen LogP contribution in [0.4, 0.5) is 0 Å². The van der Waals surface area contributed by atoms with Crippen molar-refractivity contribution in [3.8, 4) is 0 Å². The fourth-order valence-electron chi connectivity index (χ4n) is 1.29. The smallest absolute Gasteiger partial charge is 0.307 e. The zero-order chi connectivity index (χ0) is 15.1. The van der Waals surface area contributed by atoms with Crippen molar-refractivity contribution in [3.05, 3.63) is 0 Å². The molecule has 0 atom stereocenters. The predicted molar refractivity (Wildman–Crippen MR) is 75.0 cm³/mol. The molecule has 0 aromatic rings. The van der Waals surface area contributed by atoms with Gasteiger partial charge in [0.25, 0.3) is 0 Å². The van der Waals surface area contributed by atoms with Gasteiger partial charge in [0.1, 0.15) is 13.2 Å². The molecule has 6 N–H and O–H groups in total. The highest BCUT2D eigenvalue weighted by atomic mass is 16.6. The molecule has 0 radical (unpaired) electrons. The van der Waals surface area contributed by atoms with Crippen LogP contribution in [0.2, 0.25) is 0 Å².